The van der Waals surface area contributed by atoms with Gasteiger partial charge in [0.15, 0.2) is 0 Å². The van der Waals surface area contributed by atoms with E-state index >= 15 is 0 Å². The molecule has 2 aromatic carbocycles. The number of carbonyl (C=O) groups is 2. The fraction of sp³-hybridized carbons (Fsp3) is 0.300. The van der Waals surface area contributed by atoms with Crippen molar-refractivity contribution >= 4 is 45.2 Å². The van der Waals surface area contributed by atoms with E-state index in [9.17, 15) is 18.0 Å². The molecule has 0 spiro atoms. The Balaban J connectivity index is 1.48. The van der Waals surface area contributed by atoms with Crippen LogP contribution in [0, 0.1) is 0 Å². The maximum Gasteiger partial charge on any atom is 0.315 e. The van der Waals surface area contributed by atoms with Crippen molar-refractivity contribution in [3.8, 4) is 0 Å². The fourth-order valence-electron chi connectivity index (χ4n) is 3.14. The quantitative estimate of drug-likeness (QED) is 0.656. The van der Waals surface area contributed by atoms with Gasteiger partial charge >= 0.3 is 6.03 Å². The number of benzene rings is 2. The lowest BCUT2D eigenvalue weighted by Gasteiger charge is -2.34. The van der Waals surface area contributed by atoms with Crippen LogP contribution in [0.1, 0.15) is 5.56 Å². The monoisotopic (exact) mass is 484 g/mol. The van der Waals surface area contributed by atoms with E-state index in [-0.39, 0.29) is 53.6 Å². The third-order valence-electron chi connectivity index (χ3n) is 4.80. The van der Waals surface area contributed by atoms with E-state index in [1.807, 2.05) is 30.3 Å². The number of halogens is 2. The van der Waals surface area contributed by atoms with Crippen molar-refractivity contribution < 1.29 is 18.0 Å². The van der Waals surface area contributed by atoms with Crippen molar-refractivity contribution in [2.45, 2.75) is 11.4 Å². The molecular weight excluding hydrogens is 463 g/mol. The third-order valence-corrected chi connectivity index (χ3v) is 7.66. The maximum atomic E-state index is 12.9. The van der Waals surface area contributed by atoms with Gasteiger partial charge in [0, 0.05) is 32.7 Å². The first-order chi connectivity index (χ1) is 14.8. The molecule has 2 aromatic rings. The van der Waals surface area contributed by atoms with Crippen LogP contribution < -0.4 is 10.6 Å². The molecule has 31 heavy (non-hydrogen) atoms. The minimum Gasteiger partial charge on any atom is -0.339 e. The summed E-state index contributed by atoms with van der Waals surface area (Å²) < 4.78 is 27.0. The van der Waals surface area contributed by atoms with Crippen molar-refractivity contribution in [3.63, 3.8) is 0 Å². The van der Waals surface area contributed by atoms with Gasteiger partial charge in [0.05, 0.1) is 16.6 Å². The first-order valence-electron chi connectivity index (χ1n) is 9.56. The van der Waals surface area contributed by atoms with Crippen molar-refractivity contribution in [3.05, 3.63) is 64.1 Å². The Morgan fingerprint density at radius 2 is 1.48 bits per heavy atom. The lowest BCUT2D eigenvalue weighted by atomic mass is 10.2. The summed E-state index contributed by atoms with van der Waals surface area (Å²) in [6.45, 7) is 0.790. The van der Waals surface area contributed by atoms with E-state index < -0.39 is 16.1 Å². The number of nitrogens with zero attached hydrogens (tertiary/aromatic N) is 2. The van der Waals surface area contributed by atoms with Crippen LogP contribution in [0.5, 0.6) is 0 Å². The SMILES string of the molecule is O=C(NCC(=O)N1CCN(S(=O)(=O)c2c(Cl)cccc2Cl)CC1)NCc1ccccc1. The fourth-order valence-corrected chi connectivity index (χ4v) is 5.66. The molecule has 1 aliphatic rings. The normalized spacial score (nSPS) is 14.8. The van der Waals surface area contributed by atoms with Crippen LogP contribution in [0.4, 0.5) is 4.79 Å². The molecule has 2 N–H and O–H groups in total. The molecule has 0 aliphatic carbocycles. The van der Waals surface area contributed by atoms with Gasteiger partial charge in [0.2, 0.25) is 15.9 Å². The Morgan fingerprint density at radius 1 is 0.871 bits per heavy atom. The largest absolute Gasteiger partial charge is 0.339 e. The molecule has 3 rings (SSSR count). The molecule has 8 nitrogen and oxygen atoms in total. The van der Waals surface area contributed by atoms with Crippen LogP contribution in [0.2, 0.25) is 10.0 Å². The van der Waals surface area contributed by atoms with Crippen LogP contribution >= 0.6 is 23.2 Å². The summed E-state index contributed by atoms with van der Waals surface area (Å²) in [7, 11) is -3.88. The topological polar surface area (TPSA) is 98.8 Å². The number of carbonyl (C=O) groups excluding carboxylic acids is 2. The van der Waals surface area contributed by atoms with E-state index in [0.717, 1.165) is 5.56 Å². The lowest BCUT2D eigenvalue weighted by molar-refractivity contribution is -0.131. The van der Waals surface area contributed by atoms with Crippen LogP contribution in [0.3, 0.4) is 0 Å². The molecule has 1 fully saturated rings. The second-order valence-corrected chi connectivity index (χ2v) is 9.55. The summed E-state index contributed by atoms with van der Waals surface area (Å²) in [4.78, 5) is 25.7. The molecular formula is C20H22Cl2N4O4S. The summed E-state index contributed by atoms with van der Waals surface area (Å²) in [5.74, 6) is -0.289. The lowest BCUT2D eigenvalue weighted by Crippen LogP contribution is -2.53. The maximum absolute atomic E-state index is 12.9. The smallest absolute Gasteiger partial charge is 0.315 e. The molecule has 0 radical (unpaired) electrons. The predicted molar refractivity (Wildman–Crippen MR) is 118 cm³/mol. The zero-order valence-corrected chi connectivity index (χ0v) is 18.9. The minimum atomic E-state index is -3.88. The summed E-state index contributed by atoms with van der Waals surface area (Å²) in [6.07, 6.45) is 0. The molecule has 166 valence electrons. The number of nitrogens with one attached hydrogen (secondary N) is 2. The molecule has 1 aliphatic heterocycles. The number of piperazine rings is 1. The molecule has 1 heterocycles. The van der Waals surface area contributed by atoms with E-state index in [2.05, 4.69) is 10.6 Å². The minimum absolute atomic E-state index is 0.0525. The molecule has 0 atom stereocenters. The van der Waals surface area contributed by atoms with Gasteiger partial charge in [0.25, 0.3) is 0 Å². The Morgan fingerprint density at radius 3 is 2.10 bits per heavy atom. The number of hydrogen-bond acceptors (Lipinski definition) is 4. The molecule has 0 saturated carbocycles. The highest BCUT2D eigenvalue weighted by atomic mass is 35.5. The van der Waals surface area contributed by atoms with Gasteiger partial charge in [-0.1, -0.05) is 59.6 Å². The average molecular weight is 485 g/mol. The van der Waals surface area contributed by atoms with E-state index in [4.69, 9.17) is 23.2 Å². The highest BCUT2D eigenvalue weighted by Crippen LogP contribution is 2.31. The Labute approximate surface area is 191 Å². The van der Waals surface area contributed by atoms with Gasteiger partial charge < -0.3 is 15.5 Å². The first kappa shape index (κ1) is 23.3. The van der Waals surface area contributed by atoms with Gasteiger partial charge in [-0.05, 0) is 17.7 Å². The van der Waals surface area contributed by atoms with E-state index in [1.165, 1.54) is 21.3 Å². The summed E-state index contributed by atoms with van der Waals surface area (Å²) >= 11 is 12.1. The highest BCUT2D eigenvalue weighted by molar-refractivity contribution is 7.89. The molecule has 3 amide bonds. The Bertz CT molecular complexity index is 1020. The number of amides is 3. The van der Waals surface area contributed by atoms with Crippen LogP contribution in [0.15, 0.2) is 53.4 Å². The standard InChI is InChI=1S/C20H22Cl2N4O4S/c21-16-7-4-8-17(22)19(16)31(29,30)26-11-9-25(10-12-26)18(27)14-24-20(28)23-13-15-5-2-1-3-6-15/h1-8H,9-14H2,(H2,23,24,28). The van der Waals surface area contributed by atoms with Crippen LogP contribution in [-0.2, 0) is 21.4 Å². The number of rotatable bonds is 6. The van der Waals surface area contributed by atoms with Gasteiger partial charge in [-0.25, -0.2) is 13.2 Å². The van der Waals surface area contributed by atoms with Crippen molar-refractivity contribution in [1.29, 1.82) is 0 Å². The molecule has 0 unspecified atom stereocenters. The van der Waals surface area contributed by atoms with Crippen molar-refractivity contribution in [1.82, 2.24) is 19.8 Å². The van der Waals surface area contributed by atoms with Gasteiger partial charge in [0.1, 0.15) is 4.90 Å². The van der Waals surface area contributed by atoms with Crippen molar-refractivity contribution in [2.75, 3.05) is 32.7 Å². The molecule has 11 heteroatoms. The van der Waals surface area contributed by atoms with E-state index in [1.54, 1.807) is 6.07 Å². The summed E-state index contributed by atoms with van der Waals surface area (Å²) in [5, 5.41) is 5.31. The number of hydrogen-bond donors (Lipinski definition) is 2. The molecule has 0 aromatic heterocycles. The van der Waals surface area contributed by atoms with Crippen LogP contribution in [0.25, 0.3) is 0 Å². The first-order valence-corrected chi connectivity index (χ1v) is 11.8. The zero-order chi connectivity index (χ0) is 22.4. The predicted octanol–water partition coefficient (Wildman–Crippen LogP) is 2.33. The van der Waals surface area contributed by atoms with Crippen molar-refractivity contribution in [2.24, 2.45) is 0 Å². The number of sulfonamides is 1. The summed E-state index contributed by atoms with van der Waals surface area (Å²) in [5.41, 5.74) is 0.944. The van der Waals surface area contributed by atoms with Gasteiger partial charge in [-0.3, -0.25) is 4.79 Å². The zero-order valence-electron chi connectivity index (χ0n) is 16.6. The number of urea groups is 1. The highest BCUT2D eigenvalue weighted by Gasteiger charge is 2.32. The second kappa shape index (κ2) is 10.3. The average Bonchev–Trinajstić information content (AvgIpc) is 2.76. The molecule has 1 saturated heterocycles. The Hall–Kier alpha value is -2.33. The summed E-state index contributed by atoms with van der Waals surface area (Å²) in [6, 6.07) is 13.5. The van der Waals surface area contributed by atoms with E-state index in [0.29, 0.717) is 6.54 Å². The third kappa shape index (κ3) is 5.88. The van der Waals surface area contributed by atoms with Gasteiger partial charge in [-0.2, -0.15) is 4.31 Å². The van der Waals surface area contributed by atoms with Gasteiger partial charge in [-0.15, -0.1) is 0 Å². The van der Waals surface area contributed by atoms with Crippen LogP contribution in [-0.4, -0.2) is 62.3 Å². The second-order valence-electron chi connectivity index (χ2n) is 6.86. The molecule has 0 bridgehead atoms. The Kier molecular flexibility index (Phi) is 7.77.